The molecule has 0 unspecified atom stereocenters. The molecule has 5 nitrogen and oxygen atoms in total. The number of hydrogen-bond donors (Lipinski definition) is 1. The number of imidazole rings is 1. The Morgan fingerprint density at radius 3 is 2.41 bits per heavy atom. The number of nitrogens with one attached hydrogen (secondary N) is 1. The number of carbonyl (C=O) groups is 1. The molecule has 0 aliphatic carbocycles. The van der Waals surface area contributed by atoms with Crippen LogP contribution in [0, 0.1) is 6.92 Å². The summed E-state index contributed by atoms with van der Waals surface area (Å²) in [5.41, 5.74) is 1.16. The number of nitrogens with zero attached hydrogens (tertiary/aromatic N) is 3. The fraction of sp³-hybridized carbons (Fsp3) is 0.211. The largest absolute Gasteiger partial charge is 0.416 e. The maximum atomic E-state index is 12.6. The van der Waals surface area contributed by atoms with Gasteiger partial charge in [0.25, 0.3) is 0 Å². The zero-order valence-electron chi connectivity index (χ0n) is 15.1. The zero-order chi connectivity index (χ0) is 21.2. The van der Waals surface area contributed by atoms with E-state index >= 15 is 0 Å². The average molecular weight is 443 g/mol. The summed E-state index contributed by atoms with van der Waals surface area (Å²) < 4.78 is 39.3. The van der Waals surface area contributed by atoms with Crippen molar-refractivity contribution in [3.05, 3.63) is 69.9 Å². The van der Waals surface area contributed by atoms with E-state index < -0.39 is 11.7 Å². The van der Waals surface area contributed by atoms with Crippen molar-refractivity contribution in [2.24, 2.45) is 0 Å². The summed E-state index contributed by atoms with van der Waals surface area (Å²) in [5.74, 6) is 0.250. The van der Waals surface area contributed by atoms with Crippen LogP contribution in [0.15, 0.2) is 42.9 Å². The van der Waals surface area contributed by atoms with Gasteiger partial charge in [-0.15, -0.1) is 0 Å². The fourth-order valence-electron chi connectivity index (χ4n) is 2.69. The first-order chi connectivity index (χ1) is 13.6. The molecule has 1 amide bonds. The first-order valence-corrected chi connectivity index (χ1v) is 9.22. The lowest BCUT2D eigenvalue weighted by Gasteiger charge is -2.10. The van der Waals surface area contributed by atoms with E-state index in [1.807, 2.05) is 0 Å². The number of halogens is 5. The highest BCUT2D eigenvalue weighted by Crippen LogP contribution is 2.29. The van der Waals surface area contributed by atoms with E-state index in [0.717, 1.165) is 17.7 Å². The minimum Gasteiger partial charge on any atom is -0.325 e. The molecule has 3 rings (SSSR count). The van der Waals surface area contributed by atoms with Crippen molar-refractivity contribution in [3.8, 4) is 5.82 Å². The molecule has 0 atom stereocenters. The Labute approximate surface area is 174 Å². The number of pyridine rings is 1. The average Bonchev–Trinajstić information content (AvgIpc) is 2.99. The van der Waals surface area contributed by atoms with Gasteiger partial charge in [-0.3, -0.25) is 9.36 Å². The summed E-state index contributed by atoms with van der Waals surface area (Å²) in [6.45, 7) is 1.80. The summed E-state index contributed by atoms with van der Waals surface area (Å²) in [6, 6.07) is 6.48. The Balaban J connectivity index is 1.61. The van der Waals surface area contributed by atoms with E-state index in [1.54, 1.807) is 13.0 Å². The number of carbonyl (C=O) groups excluding carboxylic acids is 1. The summed E-state index contributed by atoms with van der Waals surface area (Å²) in [7, 11) is 0. The van der Waals surface area contributed by atoms with Crippen LogP contribution in [-0.4, -0.2) is 20.4 Å². The highest BCUT2D eigenvalue weighted by Gasteiger charge is 2.29. The summed E-state index contributed by atoms with van der Waals surface area (Å²) in [6.07, 6.45) is -1.02. The van der Waals surface area contributed by atoms with Gasteiger partial charge < -0.3 is 5.32 Å². The third-order valence-corrected chi connectivity index (χ3v) is 4.89. The fourth-order valence-corrected chi connectivity index (χ4v) is 3.00. The molecule has 0 saturated carbocycles. The van der Waals surface area contributed by atoms with E-state index in [9.17, 15) is 18.0 Å². The zero-order valence-corrected chi connectivity index (χ0v) is 16.6. The quantitative estimate of drug-likeness (QED) is 0.569. The molecule has 0 radical (unpaired) electrons. The number of anilines is 1. The standard InChI is InChI=1S/C19H15Cl2F3N4O/c1-11-8-14(9-25-18(11)28-10-26-16(20)17(28)21)27-15(29)7-4-12-2-5-13(6-3-12)19(22,23)24/h2-3,5-6,8-10H,4,7H2,1H3,(H,27,29). The number of rotatable bonds is 5. The number of alkyl halides is 3. The van der Waals surface area contributed by atoms with Gasteiger partial charge in [-0.2, -0.15) is 13.2 Å². The van der Waals surface area contributed by atoms with Crippen molar-refractivity contribution >= 4 is 34.8 Å². The Morgan fingerprint density at radius 2 is 1.86 bits per heavy atom. The number of aryl methyl sites for hydroxylation is 2. The molecule has 1 N–H and O–H groups in total. The third kappa shape index (κ3) is 5.07. The SMILES string of the molecule is Cc1cc(NC(=O)CCc2ccc(C(F)(F)F)cc2)cnc1-n1cnc(Cl)c1Cl. The lowest BCUT2D eigenvalue weighted by atomic mass is 10.1. The van der Waals surface area contributed by atoms with Gasteiger partial charge in [0, 0.05) is 6.42 Å². The first kappa shape index (κ1) is 21.1. The van der Waals surface area contributed by atoms with Crippen molar-refractivity contribution in [3.63, 3.8) is 0 Å². The Bertz CT molecular complexity index is 1030. The summed E-state index contributed by atoms with van der Waals surface area (Å²) in [4.78, 5) is 20.3. The predicted octanol–water partition coefficient (Wildman–Crippen LogP) is 5.47. The van der Waals surface area contributed by atoms with Gasteiger partial charge in [0.15, 0.2) is 10.3 Å². The van der Waals surface area contributed by atoms with Crippen LogP contribution < -0.4 is 5.32 Å². The smallest absolute Gasteiger partial charge is 0.325 e. The third-order valence-electron chi connectivity index (χ3n) is 4.15. The second-order valence-corrected chi connectivity index (χ2v) is 7.02. The van der Waals surface area contributed by atoms with Crippen LogP contribution >= 0.6 is 23.2 Å². The molecule has 3 aromatic rings. The molecule has 0 spiro atoms. The molecule has 0 aliphatic rings. The molecule has 2 aromatic heterocycles. The molecule has 0 aliphatic heterocycles. The topological polar surface area (TPSA) is 59.8 Å². The van der Waals surface area contributed by atoms with Crippen LogP contribution in [-0.2, 0) is 17.4 Å². The lowest BCUT2D eigenvalue weighted by Crippen LogP contribution is -2.13. The molecule has 2 heterocycles. The summed E-state index contributed by atoms with van der Waals surface area (Å²) in [5, 5.41) is 3.11. The molecule has 1 aromatic carbocycles. The van der Waals surface area contributed by atoms with Gasteiger partial charge in [-0.05, 0) is 42.7 Å². The molecule has 152 valence electrons. The van der Waals surface area contributed by atoms with Crippen LogP contribution in [0.25, 0.3) is 5.82 Å². The Hall–Kier alpha value is -2.58. The van der Waals surface area contributed by atoms with Crippen LogP contribution in [0.4, 0.5) is 18.9 Å². The van der Waals surface area contributed by atoms with E-state index in [-0.39, 0.29) is 22.6 Å². The molecule has 29 heavy (non-hydrogen) atoms. The number of aromatic nitrogens is 3. The van der Waals surface area contributed by atoms with Gasteiger partial charge in [0.05, 0.1) is 17.4 Å². The van der Waals surface area contributed by atoms with Crippen LogP contribution in [0.3, 0.4) is 0 Å². The second-order valence-electron chi connectivity index (χ2n) is 6.30. The predicted molar refractivity (Wildman–Crippen MR) is 105 cm³/mol. The minimum absolute atomic E-state index is 0.120. The van der Waals surface area contributed by atoms with Crippen molar-refractivity contribution in [1.29, 1.82) is 0 Å². The van der Waals surface area contributed by atoms with Crippen molar-refractivity contribution < 1.29 is 18.0 Å². The van der Waals surface area contributed by atoms with Crippen molar-refractivity contribution in [2.45, 2.75) is 25.9 Å². The van der Waals surface area contributed by atoms with E-state index in [4.69, 9.17) is 23.2 Å². The Morgan fingerprint density at radius 1 is 1.17 bits per heavy atom. The molecule has 0 saturated heterocycles. The minimum atomic E-state index is -4.38. The maximum Gasteiger partial charge on any atom is 0.416 e. The second kappa shape index (κ2) is 8.42. The van der Waals surface area contributed by atoms with Gasteiger partial charge in [-0.1, -0.05) is 35.3 Å². The van der Waals surface area contributed by atoms with Crippen molar-refractivity contribution in [1.82, 2.24) is 14.5 Å². The summed E-state index contributed by atoms with van der Waals surface area (Å²) >= 11 is 11.9. The normalized spacial score (nSPS) is 11.5. The van der Waals surface area contributed by atoms with Crippen LogP contribution in [0.2, 0.25) is 10.3 Å². The number of amides is 1. The molecular weight excluding hydrogens is 428 g/mol. The number of benzene rings is 1. The Kier molecular flexibility index (Phi) is 6.14. The van der Waals surface area contributed by atoms with E-state index in [0.29, 0.717) is 23.5 Å². The first-order valence-electron chi connectivity index (χ1n) is 8.46. The monoisotopic (exact) mass is 442 g/mol. The van der Waals surface area contributed by atoms with Gasteiger partial charge in [0.2, 0.25) is 5.91 Å². The van der Waals surface area contributed by atoms with E-state index in [1.165, 1.54) is 29.2 Å². The highest BCUT2D eigenvalue weighted by atomic mass is 35.5. The van der Waals surface area contributed by atoms with Crippen LogP contribution in [0.1, 0.15) is 23.1 Å². The lowest BCUT2D eigenvalue weighted by molar-refractivity contribution is -0.137. The molecule has 0 fully saturated rings. The molecular formula is C19H15Cl2F3N4O. The molecule has 10 heteroatoms. The van der Waals surface area contributed by atoms with Gasteiger partial charge >= 0.3 is 6.18 Å². The number of hydrogen-bond acceptors (Lipinski definition) is 3. The van der Waals surface area contributed by atoms with Crippen molar-refractivity contribution in [2.75, 3.05) is 5.32 Å². The maximum absolute atomic E-state index is 12.6. The van der Waals surface area contributed by atoms with Gasteiger partial charge in [0.1, 0.15) is 12.1 Å². The highest BCUT2D eigenvalue weighted by molar-refractivity contribution is 6.40. The van der Waals surface area contributed by atoms with Gasteiger partial charge in [-0.25, -0.2) is 9.97 Å². The van der Waals surface area contributed by atoms with E-state index in [2.05, 4.69) is 15.3 Å². The molecule has 0 bridgehead atoms. The van der Waals surface area contributed by atoms with Crippen LogP contribution in [0.5, 0.6) is 0 Å².